The lowest BCUT2D eigenvalue weighted by Gasteiger charge is -2.10. The number of nitrogens with two attached hydrogens (primary N) is 1. The van der Waals surface area contributed by atoms with E-state index in [9.17, 15) is 9.59 Å². The molecule has 156 valence electrons. The minimum absolute atomic E-state index is 0.0206. The quantitative estimate of drug-likeness (QED) is 0.322. The third-order valence-corrected chi connectivity index (χ3v) is 4.74. The SMILES string of the molecule is Nc1n[nH]c2cccc(-c3ccc(NC(=O)Nc4ccnc(CCC(=O)O)c4)cc3)c12. The molecule has 0 aliphatic heterocycles. The van der Waals surface area contributed by atoms with E-state index >= 15 is 0 Å². The second kappa shape index (κ2) is 8.54. The monoisotopic (exact) mass is 416 g/mol. The number of fused-ring (bicyclic) bond motifs is 1. The van der Waals surface area contributed by atoms with Crippen LogP contribution in [0.15, 0.2) is 60.8 Å². The highest BCUT2D eigenvalue weighted by molar-refractivity contribution is 6.02. The summed E-state index contributed by atoms with van der Waals surface area (Å²) in [5, 5.41) is 22.1. The second-order valence-electron chi connectivity index (χ2n) is 6.92. The van der Waals surface area contributed by atoms with E-state index in [0.717, 1.165) is 22.0 Å². The molecule has 2 aromatic heterocycles. The zero-order valence-corrected chi connectivity index (χ0v) is 16.4. The van der Waals surface area contributed by atoms with E-state index in [2.05, 4.69) is 25.8 Å². The van der Waals surface area contributed by atoms with Crippen molar-refractivity contribution >= 4 is 40.1 Å². The molecule has 0 saturated heterocycles. The zero-order valence-electron chi connectivity index (χ0n) is 16.4. The number of aliphatic carboxylic acids is 1. The molecule has 9 nitrogen and oxygen atoms in total. The molecule has 2 heterocycles. The third kappa shape index (κ3) is 4.61. The molecule has 6 N–H and O–H groups in total. The molecule has 0 atom stereocenters. The van der Waals surface area contributed by atoms with Gasteiger partial charge in [0.05, 0.1) is 17.3 Å². The van der Waals surface area contributed by atoms with Crippen molar-refractivity contribution in [3.63, 3.8) is 0 Å². The highest BCUT2D eigenvalue weighted by Gasteiger charge is 2.10. The number of amides is 2. The van der Waals surface area contributed by atoms with Gasteiger partial charge in [-0.2, -0.15) is 5.10 Å². The van der Waals surface area contributed by atoms with Gasteiger partial charge in [-0.15, -0.1) is 0 Å². The van der Waals surface area contributed by atoms with Crippen LogP contribution in [0.25, 0.3) is 22.0 Å². The number of nitrogen functional groups attached to an aromatic ring is 1. The molecule has 4 rings (SSSR count). The number of hydrogen-bond acceptors (Lipinski definition) is 5. The Kier molecular flexibility index (Phi) is 5.48. The fourth-order valence-corrected chi connectivity index (χ4v) is 3.29. The van der Waals surface area contributed by atoms with Gasteiger partial charge in [-0.25, -0.2) is 4.79 Å². The summed E-state index contributed by atoms with van der Waals surface area (Å²) in [5.41, 5.74) is 10.5. The molecular weight excluding hydrogens is 396 g/mol. The average molecular weight is 416 g/mol. The Hall–Kier alpha value is -4.40. The maximum Gasteiger partial charge on any atom is 0.323 e. The van der Waals surface area contributed by atoms with Crippen LogP contribution in [0.1, 0.15) is 12.1 Å². The van der Waals surface area contributed by atoms with Crippen molar-refractivity contribution in [2.75, 3.05) is 16.4 Å². The lowest BCUT2D eigenvalue weighted by Crippen LogP contribution is -2.19. The summed E-state index contributed by atoms with van der Waals surface area (Å²) in [6.07, 6.45) is 1.80. The fraction of sp³-hybridized carbons (Fsp3) is 0.0909. The molecule has 0 fully saturated rings. The summed E-state index contributed by atoms with van der Waals surface area (Å²) in [7, 11) is 0. The number of rotatable bonds is 6. The highest BCUT2D eigenvalue weighted by atomic mass is 16.4. The lowest BCUT2D eigenvalue weighted by atomic mass is 10.0. The number of nitrogens with zero attached hydrogens (tertiary/aromatic N) is 2. The van der Waals surface area contributed by atoms with Gasteiger partial charge in [0, 0.05) is 29.7 Å². The van der Waals surface area contributed by atoms with Crippen LogP contribution in [-0.2, 0) is 11.2 Å². The van der Waals surface area contributed by atoms with Crippen LogP contribution in [0, 0.1) is 0 Å². The Balaban J connectivity index is 1.43. The Labute approximate surface area is 177 Å². The Bertz CT molecular complexity index is 1250. The van der Waals surface area contributed by atoms with Gasteiger partial charge in [0.1, 0.15) is 0 Å². The molecule has 31 heavy (non-hydrogen) atoms. The van der Waals surface area contributed by atoms with Crippen molar-refractivity contribution in [1.29, 1.82) is 0 Å². The first-order chi connectivity index (χ1) is 15.0. The number of benzene rings is 2. The highest BCUT2D eigenvalue weighted by Crippen LogP contribution is 2.31. The molecule has 0 spiro atoms. The van der Waals surface area contributed by atoms with Gasteiger partial charge in [-0.05, 0) is 41.5 Å². The molecule has 0 radical (unpaired) electrons. The molecule has 0 aliphatic carbocycles. The number of aryl methyl sites for hydroxylation is 1. The number of pyridine rings is 1. The standard InChI is InChI=1S/C22H20N6O3/c23-21-20-17(2-1-3-18(20)27-28-21)13-4-6-14(7-5-13)25-22(31)26-16-10-11-24-15(12-16)8-9-19(29)30/h1-7,10-12H,8-9H2,(H,29,30)(H3,23,27,28)(H2,24,25,26,31). The van der Waals surface area contributed by atoms with E-state index in [0.29, 0.717) is 29.3 Å². The van der Waals surface area contributed by atoms with E-state index in [1.807, 2.05) is 30.3 Å². The predicted molar refractivity (Wildman–Crippen MR) is 119 cm³/mol. The first kappa shape index (κ1) is 19.9. The number of carboxylic acid groups (broad SMARTS) is 1. The van der Waals surface area contributed by atoms with Crippen molar-refractivity contribution in [2.45, 2.75) is 12.8 Å². The van der Waals surface area contributed by atoms with Crippen LogP contribution in [0.2, 0.25) is 0 Å². The second-order valence-corrected chi connectivity index (χ2v) is 6.92. The number of carbonyl (C=O) groups excluding carboxylic acids is 1. The minimum Gasteiger partial charge on any atom is -0.481 e. The molecule has 9 heteroatoms. The van der Waals surface area contributed by atoms with Crippen molar-refractivity contribution in [2.24, 2.45) is 0 Å². The molecule has 0 aliphatic rings. The summed E-state index contributed by atoms with van der Waals surface area (Å²) in [6, 6.07) is 16.1. The maximum absolute atomic E-state index is 12.3. The summed E-state index contributed by atoms with van der Waals surface area (Å²) in [4.78, 5) is 27.1. The number of H-pyrrole nitrogens is 1. The molecule has 0 unspecified atom stereocenters. The Morgan fingerprint density at radius 3 is 2.58 bits per heavy atom. The van der Waals surface area contributed by atoms with E-state index < -0.39 is 12.0 Å². The van der Waals surface area contributed by atoms with Gasteiger partial charge in [-0.1, -0.05) is 24.3 Å². The normalized spacial score (nSPS) is 10.7. The molecule has 0 bridgehead atoms. The lowest BCUT2D eigenvalue weighted by molar-refractivity contribution is -0.136. The molecule has 4 aromatic rings. The summed E-state index contributed by atoms with van der Waals surface area (Å²) in [5.74, 6) is -0.458. The van der Waals surface area contributed by atoms with E-state index in [1.54, 1.807) is 24.3 Å². The van der Waals surface area contributed by atoms with E-state index in [1.165, 1.54) is 6.20 Å². The van der Waals surface area contributed by atoms with Crippen LogP contribution < -0.4 is 16.4 Å². The molecular formula is C22H20N6O3. The molecule has 2 amide bonds. The Morgan fingerprint density at radius 2 is 1.81 bits per heavy atom. The summed E-state index contributed by atoms with van der Waals surface area (Å²) >= 11 is 0. The molecule has 0 saturated carbocycles. The average Bonchev–Trinajstić information content (AvgIpc) is 3.14. The number of nitrogens with one attached hydrogen (secondary N) is 3. The van der Waals surface area contributed by atoms with Crippen LogP contribution in [0.4, 0.5) is 22.0 Å². The van der Waals surface area contributed by atoms with Gasteiger partial charge in [0.25, 0.3) is 0 Å². The largest absolute Gasteiger partial charge is 0.481 e. The Morgan fingerprint density at radius 1 is 1.03 bits per heavy atom. The summed E-state index contributed by atoms with van der Waals surface area (Å²) < 4.78 is 0. The third-order valence-electron chi connectivity index (χ3n) is 4.74. The number of aromatic amines is 1. The van der Waals surface area contributed by atoms with Gasteiger partial charge < -0.3 is 21.5 Å². The van der Waals surface area contributed by atoms with E-state index in [-0.39, 0.29) is 6.42 Å². The van der Waals surface area contributed by atoms with Gasteiger partial charge in [-0.3, -0.25) is 14.9 Å². The number of anilines is 3. The first-order valence-corrected chi connectivity index (χ1v) is 9.57. The number of carboxylic acids is 1. The number of carbonyl (C=O) groups is 2. The van der Waals surface area contributed by atoms with Gasteiger partial charge in [0.15, 0.2) is 5.82 Å². The zero-order chi connectivity index (χ0) is 21.8. The topological polar surface area (TPSA) is 146 Å². The first-order valence-electron chi connectivity index (χ1n) is 9.57. The summed E-state index contributed by atoms with van der Waals surface area (Å²) in [6.45, 7) is 0. The van der Waals surface area contributed by atoms with Gasteiger partial charge >= 0.3 is 12.0 Å². The molecule has 2 aromatic carbocycles. The fourth-order valence-electron chi connectivity index (χ4n) is 3.29. The number of hydrogen-bond donors (Lipinski definition) is 5. The number of urea groups is 1. The smallest absolute Gasteiger partial charge is 0.323 e. The van der Waals surface area contributed by atoms with Crippen molar-refractivity contribution in [3.8, 4) is 11.1 Å². The van der Waals surface area contributed by atoms with E-state index in [4.69, 9.17) is 10.8 Å². The van der Waals surface area contributed by atoms with Crippen LogP contribution in [-0.4, -0.2) is 32.3 Å². The van der Waals surface area contributed by atoms with Crippen LogP contribution >= 0.6 is 0 Å². The van der Waals surface area contributed by atoms with Crippen molar-refractivity contribution < 1.29 is 14.7 Å². The number of aromatic nitrogens is 3. The van der Waals surface area contributed by atoms with Crippen molar-refractivity contribution in [1.82, 2.24) is 15.2 Å². The van der Waals surface area contributed by atoms with Crippen LogP contribution in [0.5, 0.6) is 0 Å². The van der Waals surface area contributed by atoms with Crippen LogP contribution in [0.3, 0.4) is 0 Å². The maximum atomic E-state index is 12.3. The van der Waals surface area contributed by atoms with Gasteiger partial charge in [0.2, 0.25) is 0 Å². The predicted octanol–water partition coefficient (Wildman–Crippen LogP) is 3.87. The van der Waals surface area contributed by atoms with Crippen molar-refractivity contribution in [3.05, 3.63) is 66.5 Å². The minimum atomic E-state index is -0.895.